The predicted octanol–water partition coefficient (Wildman–Crippen LogP) is 8.08. The Hall–Kier alpha value is -4.92. The summed E-state index contributed by atoms with van der Waals surface area (Å²) in [5.74, 6) is 0.292. The summed E-state index contributed by atoms with van der Waals surface area (Å²) >= 11 is 13.8. The Morgan fingerprint density at radius 3 is 2.21 bits per heavy atom. The van der Waals surface area contributed by atoms with Crippen molar-refractivity contribution in [3.8, 4) is 28.3 Å². The summed E-state index contributed by atoms with van der Waals surface area (Å²) in [4.78, 5) is 44.7. The van der Waals surface area contributed by atoms with E-state index in [1.807, 2.05) is 33.0 Å². The number of benzene rings is 2. The van der Waals surface area contributed by atoms with Crippen LogP contribution in [0.1, 0.15) is 56.4 Å². The number of ether oxygens (including phenoxy) is 1. The van der Waals surface area contributed by atoms with Gasteiger partial charge in [0, 0.05) is 49.8 Å². The van der Waals surface area contributed by atoms with Gasteiger partial charge in [-0.05, 0) is 69.5 Å². The molecule has 0 saturated carbocycles. The second-order valence-corrected chi connectivity index (χ2v) is 13.4. The minimum Gasteiger partial charge on any atom is -0.481 e. The Labute approximate surface area is 333 Å². The number of unbranched alkanes of at least 4 members (excludes halogenated alkanes) is 1. The first-order valence-electron chi connectivity index (χ1n) is 18.2. The zero-order valence-corrected chi connectivity index (χ0v) is 33.9. The second kappa shape index (κ2) is 19.3. The fourth-order valence-electron chi connectivity index (χ4n) is 6.29. The fraction of sp³-hybridized carbons (Fsp3) is 0.375. The Balaban J connectivity index is 0.000000507. The predicted molar refractivity (Wildman–Crippen MR) is 217 cm³/mol. The highest BCUT2D eigenvalue weighted by Crippen LogP contribution is 2.43. The number of nitrogens with zero attached hydrogens (tertiary/aromatic N) is 4. The molecule has 5 aromatic rings. The van der Waals surface area contributed by atoms with Crippen LogP contribution in [-0.4, -0.2) is 52.8 Å². The normalized spacial score (nSPS) is 11.9. The van der Waals surface area contributed by atoms with Crippen LogP contribution in [0, 0.1) is 0 Å². The zero-order valence-electron chi connectivity index (χ0n) is 32.4. The summed E-state index contributed by atoms with van der Waals surface area (Å²) in [6.45, 7) is 5.00. The van der Waals surface area contributed by atoms with E-state index in [4.69, 9.17) is 32.9 Å². The molecule has 0 bridgehead atoms. The van der Waals surface area contributed by atoms with Gasteiger partial charge < -0.3 is 20.7 Å². The van der Waals surface area contributed by atoms with Crippen molar-refractivity contribution in [2.75, 3.05) is 33.1 Å². The molecule has 11 nitrogen and oxygen atoms in total. The molecule has 1 amide bonds. The van der Waals surface area contributed by atoms with Crippen LogP contribution < -0.4 is 31.9 Å². The van der Waals surface area contributed by atoms with Gasteiger partial charge in [0.25, 0.3) is 5.56 Å². The molecule has 0 fully saturated rings. The molecule has 3 heterocycles. The van der Waals surface area contributed by atoms with Gasteiger partial charge in [0.2, 0.25) is 11.8 Å². The number of anilines is 2. The number of halogens is 5. The molecule has 1 aliphatic rings. The van der Waals surface area contributed by atoms with Gasteiger partial charge in [-0.2, -0.15) is 13.2 Å². The highest BCUT2D eigenvalue weighted by atomic mass is 35.5. The maximum Gasteiger partial charge on any atom is 0.433 e. The average molecular weight is 817 g/mol. The van der Waals surface area contributed by atoms with Crippen molar-refractivity contribution in [3.05, 3.63) is 96.2 Å². The SMILES string of the molecule is CC.CNCCCCC(=O)NC.COc1nc(-c2cccc(-c3cccc(Nc4nc(C(F)(F)F)cc5c4c(=O)n(C)c(=O)n5C)c3Cl)c2Cl)cc2c1CCC2. The van der Waals surface area contributed by atoms with Gasteiger partial charge in [-0.15, -0.1) is 0 Å². The summed E-state index contributed by atoms with van der Waals surface area (Å²) in [6, 6.07) is 13.0. The third kappa shape index (κ3) is 9.54. The second-order valence-electron chi connectivity index (χ2n) is 12.7. The van der Waals surface area contributed by atoms with Crippen LogP contribution in [0.3, 0.4) is 0 Å². The van der Waals surface area contributed by atoms with Gasteiger partial charge in [0.05, 0.1) is 34.1 Å². The van der Waals surface area contributed by atoms with Crippen molar-refractivity contribution in [1.29, 1.82) is 0 Å². The number of alkyl halides is 3. The lowest BCUT2D eigenvalue weighted by molar-refractivity contribution is -0.141. The standard InChI is InChI=1S/C31H24Cl2F3N5O3.C7H16N2O.C2H6/c1-40-22-14-23(31(34,35)36)39-27(24(22)29(42)41(2)30(40)43)37-20-12-6-10-18(26(20)33)17-9-5-11-19(25(17)32)21-13-15-7-4-8-16(15)28(38-21)44-3;1-8-6-4-3-5-7(10)9-2;1-2/h5-6,9-14H,4,7-8H2,1-3H3,(H,37,39);8H,3-6H2,1-2H3,(H,9,10);1-2H3. The van der Waals surface area contributed by atoms with Crippen LogP contribution in [0.2, 0.25) is 10.0 Å². The number of aromatic nitrogens is 4. The third-order valence-electron chi connectivity index (χ3n) is 9.16. The van der Waals surface area contributed by atoms with Crippen LogP contribution in [0.15, 0.2) is 58.1 Å². The third-order valence-corrected chi connectivity index (χ3v) is 9.98. The monoisotopic (exact) mass is 815 g/mol. The Morgan fingerprint density at radius 2 is 1.57 bits per heavy atom. The van der Waals surface area contributed by atoms with Gasteiger partial charge >= 0.3 is 11.9 Å². The Kier molecular flexibility index (Phi) is 15.1. The zero-order chi connectivity index (χ0) is 41.3. The van der Waals surface area contributed by atoms with E-state index in [1.54, 1.807) is 38.4 Å². The van der Waals surface area contributed by atoms with E-state index in [1.165, 1.54) is 20.2 Å². The minimum atomic E-state index is -4.85. The van der Waals surface area contributed by atoms with E-state index in [0.29, 0.717) is 45.8 Å². The van der Waals surface area contributed by atoms with E-state index in [-0.39, 0.29) is 27.5 Å². The number of hydrogen-bond donors (Lipinski definition) is 3. The Bertz CT molecular complexity index is 2330. The van der Waals surface area contributed by atoms with Gasteiger partial charge in [0.1, 0.15) is 16.9 Å². The van der Waals surface area contributed by atoms with Crippen LogP contribution in [0.5, 0.6) is 5.88 Å². The number of aryl methyl sites for hydroxylation is 2. The van der Waals surface area contributed by atoms with Gasteiger partial charge in [0.15, 0.2) is 0 Å². The van der Waals surface area contributed by atoms with Gasteiger partial charge in [-0.25, -0.2) is 14.8 Å². The van der Waals surface area contributed by atoms with Crippen LogP contribution in [0.4, 0.5) is 24.7 Å². The van der Waals surface area contributed by atoms with Crippen molar-refractivity contribution < 1.29 is 22.7 Å². The molecule has 0 saturated heterocycles. The number of nitrogens with one attached hydrogen (secondary N) is 3. The molecule has 3 N–H and O–H groups in total. The first-order valence-corrected chi connectivity index (χ1v) is 18.9. The quantitative estimate of drug-likeness (QED) is 0.121. The van der Waals surface area contributed by atoms with E-state index in [0.717, 1.165) is 58.9 Å². The lowest BCUT2D eigenvalue weighted by Crippen LogP contribution is -2.37. The molecule has 56 heavy (non-hydrogen) atoms. The summed E-state index contributed by atoms with van der Waals surface area (Å²) in [6.07, 6.45) is 0.664. The van der Waals surface area contributed by atoms with Gasteiger partial charge in [-0.3, -0.25) is 18.7 Å². The first kappa shape index (κ1) is 43.8. The van der Waals surface area contributed by atoms with E-state index in [9.17, 15) is 27.6 Å². The minimum absolute atomic E-state index is 0.125. The lowest BCUT2D eigenvalue weighted by Gasteiger charge is -2.17. The maximum absolute atomic E-state index is 13.8. The summed E-state index contributed by atoms with van der Waals surface area (Å²) < 4.78 is 48.8. The highest BCUT2D eigenvalue weighted by molar-refractivity contribution is 6.39. The fourth-order valence-corrected chi connectivity index (χ4v) is 6.89. The van der Waals surface area contributed by atoms with Crippen LogP contribution >= 0.6 is 23.2 Å². The van der Waals surface area contributed by atoms with E-state index < -0.39 is 28.9 Å². The number of fused-ring (bicyclic) bond motifs is 2. The summed E-state index contributed by atoms with van der Waals surface area (Å²) in [5.41, 5.74) is 1.64. The van der Waals surface area contributed by atoms with Crippen LogP contribution in [0.25, 0.3) is 33.3 Å². The van der Waals surface area contributed by atoms with E-state index in [2.05, 4.69) is 20.9 Å². The molecule has 0 unspecified atom stereocenters. The maximum atomic E-state index is 13.8. The number of hydrogen-bond acceptors (Lipinski definition) is 8. The van der Waals surface area contributed by atoms with Crippen molar-refractivity contribution in [3.63, 3.8) is 0 Å². The first-order chi connectivity index (χ1) is 26.7. The molecular weight excluding hydrogens is 770 g/mol. The molecule has 0 aliphatic heterocycles. The molecule has 16 heteroatoms. The van der Waals surface area contributed by atoms with Crippen molar-refractivity contribution in [2.24, 2.45) is 14.1 Å². The number of carbonyl (C=O) groups is 1. The molecule has 300 valence electrons. The molecule has 0 radical (unpaired) electrons. The topological polar surface area (TPSA) is 132 Å². The Morgan fingerprint density at radius 1 is 0.911 bits per heavy atom. The molecule has 0 atom stereocenters. The van der Waals surface area contributed by atoms with Crippen LogP contribution in [-0.2, 0) is 37.9 Å². The lowest BCUT2D eigenvalue weighted by atomic mass is 9.99. The molecule has 1 aliphatic carbocycles. The smallest absolute Gasteiger partial charge is 0.433 e. The number of pyridine rings is 2. The number of amides is 1. The largest absolute Gasteiger partial charge is 0.481 e. The van der Waals surface area contributed by atoms with Gasteiger partial charge in [-0.1, -0.05) is 67.4 Å². The summed E-state index contributed by atoms with van der Waals surface area (Å²) in [5, 5.41) is 8.71. The van der Waals surface area contributed by atoms with Crippen molar-refractivity contribution >= 4 is 51.5 Å². The number of rotatable bonds is 10. The number of carbonyl (C=O) groups excluding carboxylic acids is 1. The molecule has 3 aromatic heterocycles. The summed E-state index contributed by atoms with van der Waals surface area (Å²) in [7, 11) is 7.68. The van der Waals surface area contributed by atoms with Crippen molar-refractivity contribution in [1.82, 2.24) is 29.7 Å². The average Bonchev–Trinajstić information content (AvgIpc) is 3.68. The van der Waals surface area contributed by atoms with E-state index >= 15 is 0 Å². The molecule has 6 rings (SSSR count). The number of methoxy groups -OCH3 is 1. The molecule has 2 aromatic carbocycles. The molecular formula is C40H46Cl2F3N7O4. The highest BCUT2D eigenvalue weighted by Gasteiger charge is 2.34. The van der Waals surface area contributed by atoms with Crippen molar-refractivity contribution in [2.45, 2.75) is 58.5 Å². The molecule has 0 spiro atoms.